The second-order valence-electron chi connectivity index (χ2n) is 23.4. The summed E-state index contributed by atoms with van der Waals surface area (Å²) in [5.74, 6) is 0.939. The van der Waals surface area contributed by atoms with Gasteiger partial charge in [-0.05, 0) is 106 Å². The Morgan fingerprint density at radius 1 is 0.377 bits per heavy atom. The Balaban J connectivity index is 1.78. The van der Waals surface area contributed by atoms with Crippen molar-refractivity contribution in [3.05, 3.63) is 86.5 Å². The van der Waals surface area contributed by atoms with E-state index in [4.69, 9.17) is 15.0 Å². The van der Waals surface area contributed by atoms with Crippen LogP contribution in [-0.4, -0.2) is 78.1 Å². The van der Waals surface area contributed by atoms with Gasteiger partial charge in [-0.3, -0.25) is 15.0 Å². The van der Waals surface area contributed by atoms with E-state index in [9.17, 15) is 15.3 Å². The molecule has 3 aromatic rings. The molecule has 0 aliphatic heterocycles. The van der Waals surface area contributed by atoms with E-state index in [2.05, 4.69) is 166 Å². The van der Waals surface area contributed by atoms with Gasteiger partial charge in [0.05, 0.1) is 0 Å². The summed E-state index contributed by atoms with van der Waals surface area (Å²) < 4.78 is 0. The first-order valence-corrected chi connectivity index (χ1v) is 22.7. The number of nitrogens with zero attached hydrogens (tertiary/aromatic N) is 4. The molecular weight excluding hydrogens is 753 g/mol. The van der Waals surface area contributed by atoms with Gasteiger partial charge in [0.2, 0.25) is 0 Å². The molecule has 0 amide bonds. The van der Waals surface area contributed by atoms with Crippen LogP contribution in [0.2, 0.25) is 0 Å². The van der Waals surface area contributed by atoms with Crippen molar-refractivity contribution in [2.45, 2.75) is 176 Å². The quantitative estimate of drug-likeness (QED) is 0.105. The minimum atomic E-state index is -0.193. The highest BCUT2D eigenvalue weighted by Crippen LogP contribution is 2.40. The molecule has 0 aliphatic carbocycles. The molecular formula is C54H84N4O3. The predicted molar refractivity (Wildman–Crippen MR) is 264 cm³/mol. The highest BCUT2D eigenvalue weighted by atomic mass is 16.3. The Kier molecular flexibility index (Phi) is 16.9. The summed E-state index contributed by atoms with van der Waals surface area (Å²) in [4.78, 5) is 16.9. The van der Waals surface area contributed by atoms with Crippen molar-refractivity contribution >= 4 is 18.6 Å². The molecule has 7 nitrogen and oxygen atoms in total. The minimum Gasteiger partial charge on any atom is -0.507 e. The van der Waals surface area contributed by atoms with E-state index in [0.717, 1.165) is 72.3 Å². The second kappa shape index (κ2) is 20.0. The molecule has 0 fully saturated rings. The second-order valence-corrected chi connectivity index (χ2v) is 23.4. The van der Waals surface area contributed by atoms with E-state index < -0.39 is 0 Å². The summed E-state index contributed by atoms with van der Waals surface area (Å²) in [7, 11) is 0. The van der Waals surface area contributed by atoms with Gasteiger partial charge in [0.25, 0.3) is 0 Å². The summed E-state index contributed by atoms with van der Waals surface area (Å²) in [6, 6.07) is 12.7. The van der Waals surface area contributed by atoms with Crippen molar-refractivity contribution in [2.75, 3.05) is 39.3 Å². The van der Waals surface area contributed by atoms with Crippen LogP contribution in [0.1, 0.15) is 194 Å². The molecule has 338 valence electrons. The van der Waals surface area contributed by atoms with Crippen LogP contribution in [0.3, 0.4) is 0 Å². The number of phenolic OH excluding ortho intramolecular Hbond substituents is 3. The van der Waals surface area contributed by atoms with Crippen molar-refractivity contribution in [3.8, 4) is 17.2 Å². The lowest BCUT2D eigenvalue weighted by atomic mass is 9.79. The standard InChI is InChI=1S/C54H84N4O3/c1-49(2,3)40-28-37(46(59)43(31-40)52(10,11)12)34-55-22-19-25-58(26-20-23-56-35-38-29-41(50(4,5)6)32-44(47(38)60)53(13,14)15)27-21-24-57-36-39-30-42(51(7,8)9)33-45(48(39)61)54(16,17)18/h28-36,59-61H,19-27H2,1-18H3. The largest absolute Gasteiger partial charge is 0.507 e. The highest BCUT2D eigenvalue weighted by molar-refractivity contribution is 5.86. The third-order valence-electron chi connectivity index (χ3n) is 11.4. The highest BCUT2D eigenvalue weighted by Gasteiger charge is 2.27. The van der Waals surface area contributed by atoms with Crippen LogP contribution in [0.4, 0.5) is 0 Å². The van der Waals surface area contributed by atoms with E-state index in [1.807, 2.05) is 18.6 Å². The van der Waals surface area contributed by atoms with Gasteiger partial charge in [0.15, 0.2) is 0 Å². The smallest absolute Gasteiger partial charge is 0.128 e. The molecule has 3 aromatic carbocycles. The fourth-order valence-electron chi connectivity index (χ4n) is 7.26. The van der Waals surface area contributed by atoms with Gasteiger partial charge in [0, 0.05) is 71.7 Å². The normalized spacial score (nSPS) is 13.8. The van der Waals surface area contributed by atoms with Crippen LogP contribution < -0.4 is 0 Å². The number of hydrogen-bond acceptors (Lipinski definition) is 7. The first-order chi connectivity index (χ1) is 27.8. The molecule has 0 saturated heterocycles. The van der Waals surface area contributed by atoms with E-state index in [-0.39, 0.29) is 32.5 Å². The van der Waals surface area contributed by atoms with Crippen LogP contribution in [0.25, 0.3) is 0 Å². The van der Waals surface area contributed by atoms with Crippen molar-refractivity contribution < 1.29 is 15.3 Å². The average molecular weight is 837 g/mol. The van der Waals surface area contributed by atoms with Gasteiger partial charge in [-0.25, -0.2) is 0 Å². The lowest BCUT2D eigenvalue weighted by molar-refractivity contribution is 0.269. The third kappa shape index (κ3) is 15.1. The zero-order valence-corrected chi connectivity index (χ0v) is 41.7. The Bertz CT molecular complexity index is 1780. The van der Waals surface area contributed by atoms with Gasteiger partial charge in [-0.1, -0.05) is 143 Å². The van der Waals surface area contributed by atoms with Gasteiger partial charge in [-0.15, -0.1) is 0 Å². The lowest BCUT2D eigenvalue weighted by Gasteiger charge is -2.27. The SMILES string of the molecule is CC(C)(C)c1cc(C=NCCCN(CCCN=Cc2cc(C(C)(C)C)cc(C(C)(C)C)c2O)CCCN=Cc2cc(C(C)(C)C)cc(C(C)(C)C)c2O)c(O)c(C(C)(C)C)c1. The number of rotatable bonds is 15. The van der Waals surface area contributed by atoms with Crippen LogP contribution >= 0.6 is 0 Å². The average Bonchev–Trinajstić information content (AvgIpc) is 3.09. The minimum absolute atomic E-state index is 0.0523. The van der Waals surface area contributed by atoms with Gasteiger partial charge in [0.1, 0.15) is 17.2 Å². The molecule has 61 heavy (non-hydrogen) atoms. The molecule has 0 heterocycles. The van der Waals surface area contributed by atoms with Crippen molar-refractivity contribution in [1.29, 1.82) is 0 Å². The van der Waals surface area contributed by atoms with Crippen LogP contribution in [0.15, 0.2) is 51.4 Å². The van der Waals surface area contributed by atoms with Crippen molar-refractivity contribution in [1.82, 2.24) is 4.90 Å². The van der Waals surface area contributed by atoms with Crippen molar-refractivity contribution in [2.24, 2.45) is 15.0 Å². The Morgan fingerprint density at radius 3 is 0.803 bits per heavy atom. The lowest BCUT2D eigenvalue weighted by Crippen LogP contribution is -2.28. The molecule has 0 radical (unpaired) electrons. The number of benzene rings is 3. The van der Waals surface area contributed by atoms with E-state index >= 15 is 0 Å². The molecule has 0 bridgehead atoms. The van der Waals surface area contributed by atoms with E-state index in [1.54, 1.807) is 0 Å². The summed E-state index contributed by atoms with van der Waals surface area (Å²) >= 11 is 0. The maximum absolute atomic E-state index is 11.3. The maximum Gasteiger partial charge on any atom is 0.128 e. The fraction of sp³-hybridized carbons (Fsp3) is 0.611. The zero-order chi connectivity index (χ0) is 46.4. The van der Waals surface area contributed by atoms with Gasteiger partial charge in [-0.2, -0.15) is 0 Å². The maximum atomic E-state index is 11.3. The molecule has 7 heteroatoms. The van der Waals surface area contributed by atoms with Gasteiger partial charge >= 0.3 is 0 Å². The Morgan fingerprint density at radius 2 is 0.607 bits per heavy atom. The monoisotopic (exact) mass is 837 g/mol. The summed E-state index contributed by atoms with van der Waals surface area (Å²) in [5.41, 5.74) is 7.96. The van der Waals surface area contributed by atoms with E-state index in [0.29, 0.717) is 36.9 Å². The molecule has 0 aromatic heterocycles. The molecule has 0 atom stereocenters. The third-order valence-corrected chi connectivity index (χ3v) is 11.4. The molecule has 0 unspecified atom stereocenters. The fourth-order valence-corrected chi connectivity index (χ4v) is 7.26. The van der Waals surface area contributed by atoms with Gasteiger partial charge < -0.3 is 20.2 Å². The van der Waals surface area contributed by atoms with Crippen LogP contribution in [0, 0.1) is 0 Å². The number of hydrogen-bond donors (Lipinski definition) is 3. The number of phenols is 3. The Labute approximate surface area is 372 Å². The zero-order valence-electron chi connectivity index (χ0n) is 41.7. The number of aromatic hydroxyl groups is 3. The predicted octanol–water partition coefficient (Wildman–Crippen LogP) is 12.7. The molecule has 0 spiro atoms. The topological polar surface area (TPSA) is 101 Å². The number of aliphatic imine (C=N–C) groups is 3. The van der Waals surface area contributed by atoms with E-state index in [1.165, 1.54) is 16.7 Å². The first kappa shape index (κ1) is 51.4. The van der Waals surface area contributed by atoms with Crippen molar-refractivity contribution in [3.63, 3.8) is 0 Å². The Hall–Kier alpha value is -3.97. The molecule has 3 N–H and O–H groups in total. The summed E-state index contributed by atoms with van der Waals surface area (Å²) in [6.45, 7) is 43.6. The summed E-state index contributed by atoms with van der Waals surface area (Å²) in [6.07, 6.45) is 8.16. The summed E-state index contributed by atoms with van der Waals surface area (Å²) in [5, 5.41) is 33.8. The molecule has 3 rings (SSSR count). The molecule has 0 saturated carbocycles. The first-order valence-electron chi connectivity index (χ1n) is 22.7. The van der Waals surface area contributed by atoms with Crippen LogP contribution in [0.5, 0.6) is 17.2 Å². The van der Waals surface area contributed by atoms with Crippen LogP contribution in [-0.2, 0) is 32.5 Å². The molecule has 0 aliphatic rings.